The van der Waals surface area contributed by atoms with Gasteiger partial charge in [0, 0.05) is 18.7 Å². The van der Waals surface area contributed by atoms with Crippen LogP contribution in [-0.4, -0.2) is 43.0 Å². The van der Waals surface area contributed by atoms with Crippen LogP contribution >= 0.6 is 0 Å². The Morgan fingerprint density at radius 3 is 2.50 bits per heavy atom. The van der Waals surface area contributed by atoms with Crippen molar-refractivity contribution in [3.8, 4) is 11.5 Å². The number of benzene rings is 2. The largest absolute Gasteiger partial charge is 0.490 e. The van der Waals surface area contributed by atoms with E-state index < -0.39 is 5.92 Å². The van der Waals surface area contributed by atoms with Crippen molar-refractivity contribution in [2.24, 2.45) is 0 Å². The second-order valence-corrected chi connectivity index (χ2v) is 8.27. The summed E-state index contributed by atoms with van der Waals surface area (Å²) >= 11 is 0. The van der Waals surface area contributed by atoms with Crippen LogP contribution in [0.4, 0.5) is 0 Å². The van der Waals surface area contributed by atoms with E-state index in [0.717, 1.165) is 36.0 Å². The molecule has 6 nitrogen and oxygen atoms in total. The predicted molar refractivity (Wildman–Crippen MR) is 123 cm³/mol. The van der Waals surface area contributed by atoms with Crippen LogP contribution < -0.4 is 14.8 Å². The number of hydrogen-bond donors (Lipinski definition) is 1. The Labute approximate surface area is 189 Å². The first-order valence-corrected chi connectivity index (χ1v) is 11.7. The molecule has 2 aromatic carbocycles. The third-order valence-corrected chi connectivity index (χ3v) is 6.30. The number of carbonyl (C=O) groups is 2. The summed E-state index contributed by atoms with van der Waals surface area (Å²) < 4.78 is 11.7. The van der Waals surface area contributed by atoms with E-state index in [4.69, 9.17) is 9.47 Å². The molecule has 2 atom stereocenters. The fraction of sp³-hybridized carbons (Fsp3) is 0.462. The lowest BCUT2D eigenvalue weighted by Crippen LogP contribution is -2.50. The number of hydrogen-bond acceptors (Lipinski definition) is 4. The second-order valence-electron chi connectivity index (χ2n) is 8.27. The lowest BCUT2D eigenvalue weighted by Gasteiger charge is -2.45. The van der Waals surface area contributed by atoms with E-state index >= 15 is 0 Å². The Morgan fingerprint density at radius 2 is 1.78 bits per heavy atom. The van der Waals surface area contributed by atoms with Gasteiger partial charge in [0.1, 0.15) is 0 Å². The highest BCUT2D eigenvalue weighted by Crippen LogP contribution is 2.48. The van der Waals surface area contributed by atoms with Gasteiger partial charge in [-0.3, -0.25) is 9.59 Å². The first-order valence-electron chi connectivity index (χ1n) is 11.7. The Kier molecular flexibility index (Phi) is 6.68. The lowest BCUT2D eigenvalue weighted by molar-refractivity contribution is -0.124. The van der Waals surface area contributed by atoms with Gasteiger partial charge >= 0.3 is 0 Å². The maximum Gasteiger partial charge on any atom is 0.254 e. The van der Waals surface area contributed by atoms with Gasteiger partial charge in [-0.05, 0) is 61.6 Å². The molecule has 2 amide bonds. The number of nitrogens with zero attached hydrogens (tertiary/aromatic N) is 1. The van der Waals surface area contributed by atoms with Crippen molar-refractivity contribution in [1.82, 2.24) is 10.2 Å². The van der Waals surface area contributed by atoms with E-state index in [-0.39, 0.29) is 17.9 Å². The molecular formula is C26H32N2O4. The summed E-state index contributed by atoms with van der Waals surface area (Å²) in [6.45, 7) is 8.25. The molecule has 2 aliphatic heterocycles. The molecule has 0 unspecified atom stereocenters. The molecule has 6 heteroatoms. The summed E-state index contributed by atoms with van der Waals surface area (Å²) in [7, 11) is 0. The topological polar surface area (TPSA) is 67.9 Å². The smallest absolute Gasteiger partial charge is 0.254 e. The molecule has 170 valence electrons. The molecule has 0 radical (unpaired) electrons. The monoisotopic (exact) mass is 436 g/mol. The SMILES string of the molecule is CCCCNC(=O)[C@@H]1c2ccccc2C(=O)N2CCc3cc(OCC)c(OCC)cc3[C@H]12. The van der Waals surface area contributed by atoms with Gasteiger partial charge in [0.25, 0.3) is 5.91 Å². The van der Waals surface area contributed by atoms with E-state index in [2.05, 4.69) is 12.2 Å². The Balaban J connectivity index is 1.83. The lowest BCUT2D eigenvalue weighted by atomic mass is 9.75. The van der Waals surface area contributed by atoms with Gasteiger partial charge in [-0.2, -0.15) is 0 Å². The summed E-state index contributed by atoms with van der Waals surface area (Å²) in [5.41, 5.74) is 3.50. The normalized spacial score (nSPS) is 19.0. The predicted octanol–water partition coefficient (Wildman–Crippen LogP) is 4.24. The number of fused-ring (bicyclic) bond motifs is 4. The molecule has 0 bridgehead atoms. The van der Waals surface area contributed by atoms with Gasteiger partial charge < -0.3 is 19.7 Å². The maximum atomic E-state index is 13.5. The van der Waals surface area contributed by atoms with Crippen LogP contribution in [0.15, 0.2) is 36.4 Å². The maximum absolute atomic E-state index is 13.5. The summed E-state index contributed by atoms with van der Waals surface area (Å²) in [4.78, 5) is 28.8. The van der Waals surface area contributed by atoms with E-state index in [1.807, 2.05) is 55.1 Å². The van der Waals surface area contributed by atoms with Gasteiger partial charge in [0.15, 0.2) is 11.5 Å². The molecular weight excluding hydrogens is 404 g/mol. The van der Waals surface area contributed by atoms with Crippen LogP contribution in [0.5, 0.6) is 11.5 Å². The second kappa shape index (κ2) is 9.63. The van der Waals surface area contributed by atoms with Crippen molar-refractivity contribution in [2.45, 2.75) is 52.0 Å². The Hall–Kier alpha value is -3.02. The van der Waals surface area contributed by atoms with Gasteiger partial charge in [-0.25, -0.2) is 0 Å². The highest BCUT2D eigenvalue weighted by atomic mass is 16.5. The highest BCUT2D eigenvalue weighted by Gasteiger charge is 2.46. The van der Waals surface area contributed by atoms with Crippen molar-refractivity contribution >= 4 is 11.8 Å². The summed E-state index contributed by atoms with van der Waals surface area (Å²) in [5, 5.41) is 3.11. The van der Waals surface area contributed by atoms with Crippen LogP contribution in [0.3, 0.4) is 0 Å². The molecule has 0 saturated carbocycles. The van der Waals surface area contributed by atoms with Crippen LogP contribution in [0.25, 0.3) is 0 Å². The first kappa shape index (κ1) is 22.2. The molecule has 0 spiro atoms. The average molecular weight is 437 g/mol. The minimum absolute atomic E-state index is 0.0132. The fourth-order valence-electron chi connectivity index (χ4n) is 4.85. The van der Waals surface area contributed by atoms with Crippen molar-refractivity contribution in [1.29, 1.82) is 0 Å². The number of amides is 2. The number of ether oxygens (including phenoxy) is 2. The van der Waals surface area contributed by atoms with Crippen LogP contribution in [0, 0.1) is 0 Å². The van der Waals surface area contributed by atoms with Gasteiger partial charge in [0.05, 0.1) is 25.2 Å². The minimum atomic E-state index is -0.466. The molecule has 2 heterocycles. The van der Waals surface area contributed by atoms with Crippen molar-refractivity contribution in [3.05, 3.63) is 58.7 Å². The number of carbonyl (C=O) groups excluding carboxylic acids is 2. The zero-order valence-electron chi connectivity index (χ0n) is 19.1. The van der Waals surface area contributed by atoms with Crippen LogP contribution in [0.1, 0.15) is 72.6 Å². The fourth-order valence-corrected chi connectivity index (χ4v) is 4.85. The van der Waals surface area contributed by atoms with Gasteiger partial charge in [-0.1, -0.05) is 31.5 Å². The highest BCUT2D eigenvalue weighted by molar-refractivity contribution is 6.01. The first-order chi connectivity index (χ1) is 15.6. The number of rotatable bonds is 8. The van der Waals surface area contributed by atoms with E-state index in [1.165, 1.54) is 0 Å². The Morgan fingerprint density at radius 1 is 1.06 bits per heavy atom. The number of unbranched alkanes of at least 4 members (excludes halogenated alkanes) is 1. The van der Waals surface area contributed by atoms with Crippen molar-refractivity contribution in [2.75, 3.05) is 26.3 Å². The Bertz CT molecular complexity index is 1000. The van der Waals surface area contributed by atoms with E-state index in [1.54, 1.807) is 0 Å². The van der Waals surface area contributed by atoms with Gasteiger partial charge in [0.2, 0.25) is 5.91 Å². The summed E-state index contributed by atoms with van der Waals surface area (Å²) in [6, 6.07) is 11.2. The van der Waals surface area contributed by atoms with Crippen LogP contribution in [0.2, 0.25) is 0 Å². The van der Waals surface area contributed by atoms with Crippen LogP contribution in [-0.2, 0) is 11.2 Å². The molecule has 2 aromatic rings. The van der Waals surface area contributed by atoms with Crippen molar-refractivity contribution in [3.63, 3.8) is 0 Å². The standard InChI is InChI=1S/C26H32N2O4/c1-4-7-13-27-25(29)23-18-10-8-9-11-19(18)26(30)28-14-12-17-15-21(31-5-2)22(32-6-3)16-20(17)24(23)28/h8-11,15-16,23-24H,4-7,12-14H2,1-3H3,(H,27,29)/t23-,24-/m1/s1. The summed E-state index contributed by atoms with van der Waals surface area (Å²) in [5.74, 6) is 0.862. The zero-order valence-corrected chi connectivity index (χ0v) is 19.1. The molecule has 2 aliphatic rings. The molecule has 32 heavy (non-hydrogen) atoms. The quantitative estimate of drug-likeness (QED) is 0.629. The minimum Gasteiger partial charge on any atom is -0.490 e. The molecule has 0 fully saturated rings. The number of nitrogens with one attached hydrogen (secondary N) is 1. The van der Waals surface area contributed by atoms with E-state index in [9.17, 15) is 9.59 Å². The third-order valence-electron chi connectivity index (χ3n) is 6.30. The van der Waals surface area contributed by atoms with Gasteiger partial charge in [-0.15, -0.1) is 0 Å². The molecule has 0 saturated heterocycles. The molecule has 1 N–H and O–H groups in total. The van der Waals surface area contributed by atoms with E-state index in [0.29, 0.717) is 43.4 Å². The molecule has 4 rings (SSSR count). The molecule has 0 aromatic heterocycles. The zero-order chi connectivity index (χ0) is 22.7. The third kappa shape index (κ3) is 3.94. The average Bonchev–Trinajstić information content (AvgIpc) is 2.80. The molecule has 0 aliphatic carbocycles. The van der Waals surface area contributed by atoms with Crippen molar-refractivity contribution < 1.29 is 19.1 Å². The summed E-state index contributed by atoms with van der Waals surface area (Å²) in [6.07, 6.45) is 2.66.